The van der Waals surface area contributed by atoms with Crippen molar-refractivity contribution in [2.45, 2.75) is 12.8 Å². The number of carbonyl (C=O) groups excluding carboxylic acids is 1. The molecule has 0 spiro atoms. The molecule has 1 fully saturated rings. The number of anilines is 2. The van der Waals surface area contributed by atoms with Crippen LogP contribution in [0.2, 0.25) is 10.0 Å². The predicted octanol–water partition coefficient (Wildman–Crippen LogP) is 4.39. The van der Waals surface area contributed by atoms with Gasteiger partial charge in [-0.2, -0.15) is 9.78 Å². The first-order chi connectivity index (χ1) is 14.5. The van der Waals surface area contributed by atoms with Gasteiger partial charge >= 0.3 is 0 Å². The van der Waals surface area contributed by atoms with Crippen molar-refractivity contribution in [1.29, 1.82) is 0 Å². The molecule has 1 aromatic heterocycles. The molecule has 3 aromatic rings. The van der Waals surface area contributed by atoms with Crippen LogP contribution in [0.3, 0.4) is 0 Å². The zero-order valence-electron chi connectivity index (χ0n) is 16.1. The van der Waals surface area contributed by atoms with Crippen molar-refractivity contribution in [3.05, 3.63) is 81.2 Å². The summed E-state index contributed by atoms with van der Waals surface area (Å²) in [7, 11) is 0. The molecule has 1 aliphatic heterocycles. The fourth-order valence-electron chi connectivity index (χ4n) is 3.56. The van der Waals surface area contributed by atoms with Gasteiger partial charge < -0.3 is 10.2 Å². The van der Waals surface area contributed by atoms with Gasteiger partial charge in [0.05, 0.1) is 17.6 Å². The minimum atomic E-state index is -0.388. The van der Waals surface area contributed by atoms with Gasteiger partial charge in [-0.1, -0.05) is 41.4 Å². The quantitative estimate of drug-likeness (QED) is 0.650. The van der Waals surface area contributed by atoms with Gasteiger partial charge in [-0.3, -0.25) is 9.59 Å². The summed E-state index contributed by atoms with van der Waals surface area (Å²) in [4.78, 5) is 27.3. The third-order valence-corrected chi connectivity index (χ3v) is 5.83. The molecule has 8 heteroatoms. The van der Waals surface area contributed by atoms with E-state index in [1.807, 2.05) is 35.2 Å². The highest BCUT2D eigenvalue weighted by molar-refractivity contribution is 6.33. The zero-order valence-corrected chi connectivity index (χ0v) is 17.6. The van der Waals surface area contributed by atoms with Crippen LogP contribution < -0.4 is 15.8 Å². The lowest BCUT2D eigenvalue weighted by molar-refractivity contribution is -0.120. The van der Waals surface area contributed by atoms with E-state index in [4.69, 9.17) is 23.2 Å². The number of rotatable bonds is 4. The molecule has 0 aliphatic carbocycles. The van der Waals surface area contributed by atoms with Gasteiger partial charge in [0, 0.05) is 29.7 Å². The summed E-state index contributed by atoms with van der Waals surface area (Å²) in [5, 5.41) is 7.93. The van der Waals surface area contributed by atoms with Crippen LogP contribution in [0.15, 0.2) is 65.6 Å². The summed E-state index contributed by atoms with van der Waals surface area (Å²) in [5.74, 6) is -0.0640. The maximum atomic E-state index is 12.7. The van der Waals surface area contributed by atoms with Gasteiger partial charge in [0.2, 0.25) is 5.91 Å². The zero-order chi connectivity index (χ0) is 21.1. The number of hydrogen-bond acceptors (Lipinski definition) is 4. The number of nitrogens with zero attached hydrogens (tertiary/aromatic N) is 3. The van der Waals surface area contributed by atoms with E-state index in [1.165, 1.54) is 4.68 Å². The van der Waals surface area contributed by atoms with E-state index in [9.17, 15) is 9.59 Å². The molecular formula is C22H20Cl2N4O2. The maximum Gasteiger partial charge on any atom is 0.292 e. The van der Waals surface area contributed by atoms with Gasteiger partial charge in [0.25, 0.3) is 5.56 Å². The average Bonchev–Trinajstić information content (AvgIpc) is 2.77. The van der Waals surface area contributed by atoms with E-state index in [1.54, 1.807) is 30.5 Å². The van der Waals surface area contributed by atoms with E-state index >= 15 is 0 Å². The lowest BCUT2D eigenvalue weighted by atomic mass is 9.95. The molecule has 6 nitrogen and oxygen atoms in total. The normalized spacial score (nSPS) is 14.5. The number of amides is 1. The molecule has 30 heavy (non-hydrogen) atoms. The SMILES string of the molecule is O=C(Nc1ccccc1)C1CCN(c2cnn(-c3ccc(Cl)cc3)c(=O)c2Cl)CC1. The molecule has 2 heterocycles. The fourth-order valence-corrected chi connectivity index (χ4v) is 3.93. The Morgan fingerprint density at radius 3 is 2.33 bits per heavy atom. The third-order valence-electron chi connectivity index (χ3n) is 5.22. The van der Waals surface area contributed by atoms with E-state index in [-0.39, 0.29) is 22.4 Å². The standard InChI is InChI=1S/C22H20Cl2N4O2/c23-16-6-8-18(9-7-16)28-22(30)20(24)19(14-25-28)27-12-10-15(11-13-27)21(29)26-17-4-2-1-3-5-17/h1-9,14-15H,10-13H2,(H,26,29). The Morgan fingerprint density at radius 1 is 1.00 bits per heavy atom. The predicted molar refractivity (Wildman–Crippen MR) is 120 cm³/mol. The van der Waals surface area contributed by atoms with Crippen LogP contribution in [0.25, 0.3) is 5.69 Å². The molecule has 2 aromatic carbocycles. The molecule has 0 atom stereocenters. The maximum absolute atomic E-state index is 12.7. The lowest BCUT2D eigenvalue weighted by Gasteiger charge is -2.33. The highest BCUT2D eigenvalue weighted by Gasteiger charge is 2.27. The highest BCUT2D eigenvalue weighted by atomic mass is 35.5. The lowest BCUT2D eigenvalue weighted by Crippen LogP contribution is -2.39. The Kier molecular flexibility index (Phi) is 6.06. The van der Waals surface area contributed by atoms with Crippen molar-refractivity contribution in [3.63, 3.8) is 0 Å². The summed E-state index contributed by atoms with van der Waals surface area (Å²) in [5.41, 5.74) is 1.59. The summed E-state index contributed by atoms with van der Waals surface area (Å²) in [6.45, 7) is 1.25. The van der Waals surface area contributed by atoms with Crippen LogP contribution in [0.1, 0.15) is 12.8 Å². The van der Waals surface area contributed by atoms with Crippen LogP contribution in [-0.4, -0.2) is 28.8 Å². The Labute approximate surface area is 184 Å². The molecule has 0 unspecified atom stereocenters. The van der Waals surface area contributed by atoms with Gasteiger partial charge in [-0.25, -0.2) is 0 Å². The molecule has 1 aliphatic rings. The second-order valence-corrected chi connectivity index (χ2v) is 7.97. The van der Waals surface area contributed by atoms with Gasteiger partial charge in [-0.05, 0) is 49.2 Å². The summed E-state index contributed by atoms with van der Waals surface area (Å²) in [6, 6.07) is 16.2. The summed E-state index contributed by atoms with van der Waals surface area (Å²) < 4.78 is 1.25. The van der Waals surface area contributed by atoms with E-state index in [0.29, 0.717) is 42.3 Å². The first-order valence-corrected chi connectivity index (χ1v) is 10.4. The van der Waals surface area contributed by atoms with Crippen molar-refractivity contribution < 1.29 is 4.79 Å². The molecule has 0 saturated carbocycles. The van der Waals surface area contributed by atoms with E-state index < -0.39 is 0 Å². The van der Waals surface area contributed by atoms with Gasteiger partial charge in [0.1, 0.15) is 5.02 Å². The fraction of sp³-hybridized carbons (Fsp3) is 0.227. The Balaban J connectivity index is 1.44. The average molecular weight is 443 g/mol. The number of para-hydroxylation sites is 1. The van der Waals surface area contributed by atoms with Crippen LogP contribution in [0.4, 0.5) is 11.4 Å². The number of aromatic nitrogens is 2. The molecule has 1 saturated heterocycles. The minimum Gasteiger partial charge on any atom is -0.369 e. The number of carbonyl (C=O) groups is 1. The minimum absolute atomic E-state index is 0.0169. The summed E-state index contributed by atoms with van der Waals surface area (Å²) in [6.07, 6.45) is 2.95. The first kappa shape index (κ1) is 20.4. The van der Waals surface area contributed by atoms with Crippen LogP contribution in [0, 0.1) is 5.92 Å². The van der Waals surface area contributed by atoms with Crippen LogP contribution in [0.5, 0.6) is 0 Å². The van der Waals surface area contributed by atoms with E-state index in [2.05, 4.69) is 10.4 Å². The number of hydrogen-bond donors (Lipinski definition) is 1. The van der Waals surface area contributed by atoms with Crippen molar-refractivity contribution in [3.8, 4) is 5.69 Å². The molecule has 4 rings (SSSR count). The Bertz CT molecular complexity index is 1090. The first-order valence-electron chi connectivity index (χ1n) is 9.67. The van der Waals surface area contributed by atoms with Gasteiger partial charge in [-0.15, -0.1) is 0 Å². The number of benzene rings is 2. The number of nitrogens with one attached hydrogen (secondary N) is 1. The number of piperidine rings is 1. The Morgan fingerprint density at radius 2 is 1.67 bits per heavy atom. The molecule has 1 N–H and O–H groups in total. The van der Waals surface area contributed by atoms with Crippen LogP contribution in [-0.2, 0) is 4.79 Å². The second-order valence-electron chi connectivity index (χ2n) is 7.15. The number of halogens is 2. The van der Waals surface area contributed by atoms with Crippen LogP contribution >= 0.6 is 23.2 Å². The largest absolute Gasteiger partial charge is 0.369 e. The van der Waals surface area contributed by atoms with Crippen molar-refractivity contribution in [2.75, 3.05) is 23.3 Å². The molecule has 1 amide bonds. The van der Waals surface area contributed by atoms with Crippen molar-refractivity contribution >= 4 is 40.5 Å². The van der Waals surface area contributed by atoms with Crippen molar-refractivity contribution in [1.82, 2.24) is 9.78 Å². The highest BCUT2D eigenvalue weighted by Crippen LogP contribution is 2.28. The summed E-state index contributed by atoms with van der Waals surface area (Å²) >= 11 is 12.3. The molecule has 154 valence electrons. The molecule has 0 bridgehead atoms. The van der Waals surface area contributed by atoms with Crippen molar-refractivity contribution in [2.24, 2.45) is 5.92 Å². The topological polar surface area (TPSA) is 67.2 Å². The van der Waals surface area contributed by atoms with E-state index in [0.717, 1.165) is 5.69 Å². The second kappa shape index (κ2) is 8.90. The molecule has 0 radical (unpaired) electrons. The monoisotopic (exact) mass is 442 g/mol. The third kappa shape index (κ3) is 4.35. The van der Waals surface area contributed by atoms with Gasteiger partial charge in [0.15, 0.2) is 0 Å². The molecular weight excluding hydrogens is 423 g/mol. The Hall–Kier alpha value is -2.83. The smallest absolute Gasteiger partial charge is 0.292 e.